The molecule has 0 bridgehead atoms. The minimum absolute atomic E-state index is 0.0567. The van der Waals surface area contributed by atoms with Crippen LogP contribution in [0.5, 0.6) is 0 Å². The zero-order chi connectivity index (χ0) is 18.0. The fourth-order valence-electron chi connectivity index (χ4n) is 2.68. The lowest BCUT2D eigenvalue weighted by Gasteiger charge is -2.17. The van der Waals surface area contributed by atoms with E-state index in [4.69, 9.17) is 0 Å². The molecule has 0 aliphatic carbocycles. The van der Waals surface area contributed by atoms with Gasteiger partial charge in [-0.3, -0.25) is 14.9 Å². The third kappa shape index (κ3) is 3.67. The third-order valence-electron chi connectivity index (χ3n) is 3.87. The predicted molar refractivity (Wildman–Crippen MR) is 90.6 cm³/mol. The summed E-state index contributed by atoms with van der Waals surface area (Å²) in [7, 11) is -3.87. The maximum Gasteiger partial charge on any atom is 0.269 e. The molecule has 1 heterocycles. The van der Waals surface area contributed by atoms with Crippen molar-refractivity contribution in [1.82, 2.24) is 4.72 Å². The van der Waals surface area contributed by atoms with Gasteiger partial charge in [0.2, 0.25) is 15.9 Å². The van der Waals surface area contributed by atoms with Crippen molar-refractivity contribution in [3.05, 3.63) is 64.7 Å². The highest BCUT2D eigenvalue weighted by Crippen LogP contribution is 2.23. The molecular formula is C16H15N3O5S. The number of nitro groups is 1. The summed E-state index contributed by atoms with van der Waals surface area (Å²) < 4.78 is 27.3. The first-order valence-electron chi connectivity index (χ1n) is 7.49. The molecule has 1 saturated heterocycles. The molecule has 9 heteroatoms. The van der Waals surface area contributed by atoms with Crippen molar-refractivity contribution in [2.45, 2.75) is 17.4 Å². The molecule has 1 N–H and O–H groups in total. The highest BCUT2D eigenvalue weighted by atomic mass is 32.2. The van der Waals surface area contributed by atoms with Crippen molar-refractivity contribution in [1.29, 1.82) is 0 Å². The molecule has 2 aromatic rings. The SMILES string of the molecule is O=C1CC(NS(=O)(=O)c2ccc([N+](=O)[O-])cc2)CN1c1ccccc1. The van der Waals surface area contributed by atoms with E-state index in [1.165, 1.54) is 17.0 Å². The molecule has 0 aromatic heterocycles. The Kier molecular flexibility index (Phi) is 4.51. The first-order valence-corrected chi connectivity index (χ1v) is 8.97. The lowest BCUT2D eigenvalue weighted by molar-refractivity contribution is -0.384. The molecule has 2 aromatic carbocycles. The minimum Gasteiger partial charge on any atom is -0.311 e. The van der Waals surface area contributed by atoms with Crippen LogP contribution < -0.4 is 9.62 Å². The van der Waals surface area contributed by atoms with Crippen LogP contribution in [-0.2, 0) is 14.8 Å². The number of benzene rings is 2. The van der Waals surface area contributed by atoms with E-state index in [9.17, 15) is 23.3 Å². The molecule has 25 heavy (non-hydrogen) atoms. The van der Waals surface area contributed by atoms with Gasteiger partial charge in [-0.1, -0.05) is 18.2 Å². The number of nitrogens with one attached hydrogen (secondary N) is 1. The van der Waals surface area contributed by atoms with E-state index in [1.54, 1.807) is 24.3 Å². The largest absolute Gasteiger partial charge is 0.311 e. The van der Waals surface area contributed by atoms with Gasteiger partial charge in [-0.25, -0.2) is 13.1 Å². The van der Waals surface area contributed by atoms with Crippen LogP contribution in [-0.4, -0.2) is 31.8 Å². The van der Waals surface area contributed by atoms with Gasteiger partial charge in [-0.05, 0) is 24.3 Å². The Hall–Kier alpha value is -2.78. The standard InChI is InChI=1S/C16H15N3O5S/c20-16-10-12(11-18(16)13-4-2-1-3-5-13)17-25(23,24)15-8-6-14(7-9-15)19(21)22/h1-9,12,17H,10-11H2. The number of hydrogen-bond acceptors (Lipinski definition) is 5. The second-order valence-corrected chi connectivity index (χ2v) is 7.33. The molecule has 1 unspecified atom stereocenters. The van der Waals surface area contributed by atoms with Crippen molar-refractivity contribution in [2.24, 2.45) is 0 Å². The molecule has 1 atom stereocenters. The first-order chi connectivity index (χ1) is 11.9. The van der Waals surface area contributed by atoms with Gasteiger partial charge in [0, 0.05) is 36.8 Å². The van der Waals surface area contributed by atoms with Crippen molar-refractivity contribution in [3.8, 4) is 0 Å². The summed E-state index contributed by atoms with van der Waals surface area (Å²) in [5.41, 5.74) is 0.523. The van der Waals surface area contributed by atoms with Crippen molar-refractivity contribution in [3.63, 3.8) is 0 Å². The lowest BCUT2D eigenvalue weighted by Crippen LogP contribution is -2.37. The molecule has 1 aliphatic rings. The minimum atomic E-state index is -3.87. The fraction of sp³-hybridized carbons (Fsp3) is 0.188. The van der Waals surface area contributed by atoms with Crippen molar-refractivity contribution in [2.75, 3.05) is 11.4 Å². The van der Waals surface area contributed by atoms with Crippen LogP contribution >= 0.6 is 0 Å². The van der Waals surface area contributed by atoms with Crippen LogP contribution in [0.4, 0.5) is 11.4 Å². The maximum absolute atomic E-state index is 12.4. The maximum atomic E-state index is 12.4. The molecule has 1 fully saturated rings. The number of sulfonamides is 1. The summed E-state index contributed by atoms with van der Waals surface area (Å²) in [5, 5.41) is 10.6. The number of hydrogen-bond donors (Lipinski definition) is 1. The summed E-state index contributed by atoms with van der Waals surface area (Å²) >= 11 is 0. The molecule has 0 spiro atoms. The Morgan fingerprint density at radius 2 is 1.72 bits per heavy atom. The highest BCUT2D eigenvalue weighted by Gasteiger charge is 2.33. The smallest absolute Gasteiger partial charge is 0.269 e. The van der Waals surface area contributed by atoms with Crippen LogP contribution in [0.3, 0.4) is 0 Å². The third-order valence-corrected chi connectivity index (χ3v) is 5.41. The number of rotatable bonds is 5. The molecule has 1 amide bonds. The van der Waals surface area contributed by atoms with Gasteiger partial charge in [-0.2, -0.15) is 0 Å². The predicted octanol–water partition coefficient (Wildman–Crippen LogP) is 1.68. The fourth-order valence-corrected chi connectivity index (χ4v) is 3.91. The summed E-state index contributed by atoms with van der Waals surface area (Å²) in [6, 6.07) is 13.0. The van der Waals surface area contributed by atoms with E-state index in [2.05, 4.69) is 4.72 Å². The molecule has 0 saturated carbocycles. The Bertz CT molecular complexity index is 897. The number of nitrogens with zero attached hydrogens (tertiary/aromatic N) is 2. The highest BCUT2D eigenvalue weighted by molar-refractivity contribution is 7.89. The number of carbonyl (C=O) groups is 1. The Balaban J connectivity index is 1.73. The summed E-state index contributed by atoms with van der Waals surface area (Å²) in [4.78, 5) is 23.6. The number of para-hydroxylation sites is 1. The van der Waals surface area contributed by atoms with E-state index in [0.29, 0.717) is 5.69 Å². The van der Waals surface area contributed by atoms with Crippen LogP contribution in [0.2, 0.25) is 0 Å². The van der Waals surface area contributed by atoms with Crippen LogP contribution in [0.15, 0.2) is 59.5 Å². The zero-order valence-corrected chi connectivity index (χ0v) is 13.8. The van der Waals surface area contributed by atoms with Crippen LogP contribution in [0.1, 0.15) is 6.42 Å². The average Bonchev–Trinajstić information content (AvgIpc) is 2.95. The van der Waals surface area contributed by atoms with Gasteiger partial charge in [0.1, 0.15) is 0 Å². The normalized spacial score (nSPS) is 17.7. The quantitative estimate of drug-likeness (QED) is 0.643. The number of anilines is 1. The van der Waals surface area contributed by atoms with Crippen molar-refractivity contribution >= 4 is 27.3 Å². The van der Waals surface area contributed by atoms with E-state index in [-0.39, 0.29) is 29.5 Å². The molecule has 130 valence electrons. The second-order valence-electron chi connectivity index (χ2n) is 5.61. The Labute approximate surface area is 144 Å². The topological polar surface area (TPSA) is 110 Å². The van der Waals surface area contributed by atoms with Gasteiger partial charge < -0.3 is 4.90 Å². The number of non-ortho nitro benzene ring substituents is 1. The van der Waals surface area contributed by atoms with Crippen molar-refractivity contribution < 1.29 is 18.1 Å². The van der Waals surface area contributed by atoms with Gasteiger partial charge in [0.15, 0.2) is 0 Å². The molecule has 0 radical (unpaired) electrons. The average molecular weight is 361 g/mol. The first kappa shape index (κ1) is 17.1. The number of carbonyl (C=O) groups excluding carboxylic acids is 1. The van der Waals surface area contributed by atoms with E-state index in [0.717, 1.165) is 12.1 Å². The summed E-state index contributed by atoms with van der Waals surface area (Å²) in [6.07, 6.45) is 0.0567. The molecular weight excluding hydrogens is 346 g/mol. The van der Waals surface area contributed by atoms with Gasteiger partial charge in [0.25, 0.3) is 5.69 Å². The zero-order valence-electron chi connectivity index (χ0n) is 13.0. The summed E-state index contributed by atoms with van der Waals surface area (Å²) in [5.74, 6) is -0.164. The van der Waals surface area contributed by atoms with Gasteiger partial charge in [0.05, 0.1) is 9.82 Å². The van der Waals surface area contributed by atoms with E-state index < -0.39 is 21.0 Å². The number of amides is 1. The molecule has 1 aliphatic heterocycles. The van der Waals surface area contributed by atoms with Gasteiger partial charge >= 0.3 is 0 Å². The van der Waals surface area contributed by atoms with Crippen LogP contribution in [0.25, 0.3) is 0 Å². The number of nitro benzene ring substituents is 1. The summed E-state index contributed by atoms with van der Waals surface area (Å²) in [6.45, 7) is 0.231. The molecule has 3 rings (SSSR count). The van der Waals surface area contributed by atoms with E-state index in [1.807, 2.05) is 6.07 Å². The Morgan fingerprint density at radius 3 is 2.32 bits per heavy atom. The lowest BCUT2D eigenvalue weighted by atomic mass is 10.3. The van der Waals surface area contributed by atoms with Crippen LogP contribution in [0, 0.1) is 10.1 Å². The monoisotopic (exact) mass is 361 g/mol. The van der Waals surface area contributed by atoms with E-state index >= 15 is 0 Å². The molecule has 8 nitrogen and oxygen atoms in total. The van der Waals surface area contributed by atoms with Gasteiger partial charge in [-0.15, -0.1) is 0 Å². The second kappa shape index (κ2) is 6.61. The Morgan fingerprint density at radius 1 is 1.08 bits per heavy atom.